The largest absolute Gasteiger partial charge is 0.387 e. The van der Waals surface area contributed by atoms with Crippen molar-refractivity contribution in [2.45, 2.75) is 18.6 Å². The fraction of sp³-hybridized carbons (Fsp3) is 0.500. The quantitative estimate of drug-likeness (QED) is 0.862. The van der Waals surface area contributed by atoms with Crippen LogP contribution >= 0.6 is 0 Å². The summed E-state index contributed by atoms with van der Waals surface area (Å²) in [4.78, 5) is 2.22. The van der Waals surface area contributed by atoms with Crippen molar-refractivity contribution >= 4 is 10.9 Å². The normalized spacial score (nSPS) is 22.9. The van der Waals surface area contributed by atoms with E-state index in [2.05, 4.69) is 58.4 Å². The molecular formula is C16H23N3O. The molecule has 0 radical (unpaired) electrons. The molecule has 20 heavy (non-hydrogen) atoms. The zero-order valence-corrected chi connectivity index (χ0v) is 12.0. The highest BCUT2D eigenvalue weighted by Crippen LogP contribution is 2.17. The van der Waals surface area contributed by atoms with Gasteiger partial charge in [-0.1, -0.05) is 18.2 Å². The zero-order chi connectivity index (χ0) is 14.0. The minimum Gasteiger partial charge on any atom is -0.387 e. The summed E-state index contributed by atoms with van der Waals surface area (Å²) >= 11 is 0. The van der Waals surface area contributed by atoms with Crippen molar-refractivity contribution in [2.24, 2.45) is 0 Å². The van der Waals surface area contributed by atoms with Crippen molar-refractivity contribution in [1.82, 2.24) is 14.8 Å². The van der Waals surface area contributed by atoms with Crippen LogP contribution in [0.25, 0.3) is 10.9 Å². The molecule has 1 saturated heterocycles. The highest BCUT2D eigenvalue weighted by Gasteiger charge is 2.31. The van der Waals surface area contributed by atoms with E-state index in [0.717, 1.165) is 32.6 Å². The van der Waals surface area contributed by atoms with E-state index in [1.807, 2.05) is 0 Å². The number of nitrogens with one attached hydrogen (secondary N) is 1. The van der Waals surface area contributed by atoms with Crippen molar-refractivity contribution in [3.63, 3.8) is 0 Å². The van der Waals surface area contributed by atoms with Gasteiger partial charge in [0.25, 0.3) is 0 Å². The fourth-order valence-corrected chi connectivity index (χ4v) is 3.06. The van der Waals surface area contributed by atoms with Crippen LogP contribution < -0.4 is 5.32 Å². The molecule has 108 valence electrons. The predicted molar refractivity (Wildman–Crippen MR) is 81.9 cm³/mol. The van der Waals surface area contributed by atoms with Crippen LogP contribution in [-0.4, -0.2) is 53.4 Å². The Bertz CT molecular complexity index is 572. The van der Waals surface area contributed by atoms with Gasteiger partial charge in [0, 0.05) is 37.9 Å². The number of aliphatic hydroxyl groups is 1. The number of likely N-dealkylation sites (N-methyl/N-ethyl adjacent to an activating group) is 1. The molecule has 1 aromatic carbocycles. The summed E-state index contributed by atoms with van der Waals surface area (Å²) in [5.74, 6) is 0. The number of para-hydroxylation sites is 1. The van der Waals surface area contributed by atoms with E-state index < -0.39 is 5.60 Å². The Balaban J connectivity index is 1.59. The molecule has 0 amide bonds. The molecule has 2 N–H and O–H groups in total. The van der Waals surface area contributed by atoms with Crippen molar-refractivity contribution in [3.8, 4) is 0 Å². The van der Waals surface area contributed by atoms with Crippen LogP contribution in [0.4, 0.5) is 0 Å². The van der Waals surface area contributed by atoms with Crippen molar-refractivity contribution < 1.29 is 5.11 Å². The van der Waals surface area contributed by atoms with Gasteiger partial charge in [0.15, 0.2) is 0 Å². The van der Waals surface area contributed by atoms with E-state index in [1.54, 1.807) is 0 Å². The minimum atomic E-state index is -0.548. The summed E-state index contributed by atoms with van der Waals surface area (Å²) < 4.78 is 2.28. The van der Waals surface area contributed by atoms with Gasteiger partial charge in [0.1, 0.15) is 0 Å². The van der Waals surface area contributed by atoms with Crippen LogP contribution in [0.1, 0.15) is 6.42 Å². The monoisotopic (exact) mass is 273 g/mol. The molecule has 1 fully saturated rings. The molecule has 3 rings (SSSR count). The van der Waals surface area contributed by atoms with Gasteiger partial charge < -0.3 is 19.9 Å². The number of rotatable bonds is 5. The van der Waals surface area contributed by atoms with Crippen LogP contribution in [0.3, 0.4) is 0 Å². The molecule has 1 unspecified atom stereocenters. The first kappa shape index (κ1) is 13.6. The van der Waals surface area contributed by atoms with Crippen LogP contribution in [0.5, 0.6) is 0 Å². The highest BCUT2D eigenvalue weighted by atomic mass is 16.3. The average Bonchev–Trinajstić information content (AvgIpc) is 3.03. The molecule has 1 aliphatic heterocycles. The van der Waals surface area contributed by atoms with Gasteiger partial charge in [-0.25, -0.2) is 0 Å². The molecule has 0 bridgehead atoms. The molecule has 4 heteroatoms. The Morgan fingerprint density at radius 1 is 1.35 bits per heavy atom. The Morgan fingerprint density at radius 3 is 3.00 bits per heavy atom. The SMILES string of the molecule is CN(CCn1ccc2ccccc21)CC1(O)CCNC1. The standard InChI is InChI=1S/C16H23N3O/c1-18(13-16(20)7-8-17-12-16)10-11-19-9-6-14-4-2-3-5-15(14)19/h2-6,9,17,20H,7-8,10-13H2,1H3. The van der Waals surface area contributed by atoms with Gasteiger partial charge in [-0.05, 0) is 37.5 Å². The second kappa shape index (κ2) is 5.56. The lowest BCUT2D eigenvalue weighted by atomic mass is 10.0. The fourth-order valence-electron chi connectivity index (χ4n) is 3.06. The molecule has 1 aromatic heterocycles. The number of aromatic nitrogens is 1. The van der Waals surface area contributed by atoms with Gasteiger partial charge in [-0.2, -0.15) is 0 Å². The first-order valence-electron chi connectivity index (χ1n) is 7.32. The number of β-amino-alcohol motifs (C(OH)–C–C–N with tert-alkyl or cyclic N) is 1. The predicted octanol–water partition coefficient (Wildman–Crippen LogP) is 1.30. The van der Waals surface area contributed by atoms with Gasteiger partial charge in [-0.3, -0.25) is 0 Å². The molecule has 2 heterocycles. The summed E-state index contributed by atoms with van der Waals surface area (Å²) in [7, 11) is 2.09. The van der Waals surface area contributed by atoms with E-state index in [0.29, 0.717) is 6.54 Å². The summed E-state index contributed by atoms with van der Waals surface area (Å²) in [6.07, 6.45) is 2.99. The van der Waals surface area contributed by atoms with Crippen molar-refractivity contribution in [2.75, 3.05) is 33.2 Å². The Morgan fingerprint density at radius 2 is 2.20 bits per heavy atom. The number of hydrogen-bond acceptors (Lipinski definition) is 3. The molecule has 2 aromatic rings. The number of benzene rings is 1. The lowest BCUT2D eigenvalue weighted by Gasteiger charge is -2.28. The molecule has 4 nitrogen and oxygen atoms in total. The van der Waals surface area contributed by atoms with E-state index in [1.165, 1.54) is 10.9 Å². The van der Waals surface area contributed by atoms with E-state index in [9.17, 15) is 5.11 Å². The number of hydrogen-bond donors (Lipinski definition) is 2. The van der Waals surface area contributed by atoms with Gasteiger partial charge in [-0.15, -0.1) is 0 Å². The first-order chi connectivity index (χ1) is 9.66. The van der Waals surface area contributed by atoms with Gasteiger partial charge in [0.2, 0.25) is 0 Å². The highest BCUT2D eigenvalue weighted by molar-refractivity contribution is 5.79. The summed E-state index contributed by atoms with van der Waals surface area (Å²) in [6, 6.07) is 10.6. The topological polar surface area (TPSA) is 40.4 Å². The number of fused-ring (bicyclic) bond motifs is 1. The lowest BCUT2D eigenvalue weighted by molar-refractivity contribution is 0.0277. The van der Waals surface area contributed by atoms with E-state index >= 15 is 0 Å². The second-order valence-electron chi connectivity index (χ2n) is 5.96. The molecule has 1 atom stereocenters. The third-order valence-electron chi connectivity index (χ3n) is 4.19. The third kappa shape index (κ3) is 2.87. The van der Waals surface area contributed by atoms with Crippen molar-refractivity contribution in [1.29, 1.82) is 0 Å². The van der Waals surface area contributed by atoms with Crippen LogP contribution in [-0.2, 0) is 6.54 Å². The van der Waals surface area contributed by atoms with Crippen molar-refractivity contribution in [3.05, 3.63) is 36.5 Å². The average molecular weight is 273 g/mol. The lowest BCUT2D eigenvalue weighted by Crippen LogP contribution is -2.44. The van der Waals surface area contributed by atoms with Crippen LogP contribution in [0.2, 0.25) is 0 Å². The van der Waals surface area contributed by atoms with Crippen LogP contribution in [0.15, 0.2) is 36.5 Å². The summed E-state index contributed by atoms with van der Waals surface area (Å²) in [5, 5.41) is 14.9. The Labute approximate surface area is 120 Å². The Kier molecular flexibility index (Phi) is 3.78. The second-order valence-corrected chi connectivity index (χ2v) is 5.96. The first-order valence-corrected chi connectivity index (χ1v) is 7.32. The molecule has 1 aliphatic rings. The van der Waals surface area contributed by atoms with Crippen LogP contribution in [0, 0.1) is 0 Å². The number of nitrogens with zero attached hydrogens (tertiary/aromatic N) is 2. The maximum Gasteiger partial charge on any atom is 0.0909 e. The third-order valence-corrected chi connectivity index (χ3v) is 4.19. The summed E-state index contributed by atoms with van der Waals surface area (Å²) in [5.41, 5.74) is 0.732. The minimum absolute atomic E-state index is 0.548. The van der Waals surface area contributed by atoms with E-state index in [4.69, 9.17) is 0 Å². The van der Waals surface area contributed by atoms with E-state index in [-0.39, 0.29) is 0 Å². The smallest absolute Gasteiger partial charge is 0.0909 e. The maximum atomic E-state index is 10.4. The summed E-state index contributed by atoms with van der Waals surface area (Å²) in [6.45, 7) is 4.27. The van der Waals surface area contributed by atoms with Gasteiger partial charge >= 0.3 is 0 Å². The van der Waals surface area contributed by atoms with Gasteiger partial charge in [0.05, 0.1) is 5.60 Å². The molecule has 0 aliphatic carbocycles. The maximum absolute atomic E-state index is 10.4. The molecule has 0 spiro atoms. The Hall–Kier alpha value is -1.36. The molecular weight excluding hydrogens is 250 g/mol. The zero-order valence-electron chi connectivity index (χ0n) is 12.0. The molecule has 0 saturated carbocycles.